The van der Waals surface area contributed by atoms with Crippen molar-refractivity contribution in [2.45, 2.75) is 38.2 Å². The van der Waals surface area contributed by atoms with Crippen LogP contribution >= 0.6 is 11.6 Å². The Kier molecular flexibility index (Phi) is 28.2. The van der Waals surface area contributed by atoms with E-state index in [-0.39, 0.29) is 47.9 Å². The SMILES string of the molecule is CC(C)(C)OC(=O)NC/C(=C/F)COc1ccc2nc(N3CCOCC3)oc2c1.COc1ccc2nc(Cl)oc2c1.COc1ccc2nc(N3CCOCC3)oc2c1.Cc1ccc(S(=O)(=O)O)cc1.NC/C(=C/F)COc1ccc2nc(N3CCOCC3)oc2c1.Oc1ccc2nc(N3CCOCC3)oc2c1. The molecule has 34 heteroatoms. The highest BCUT2D eigenvalue weighted by Gasteiger charge is 2.23. The molecule has 0 atom stereocenters. The Morgan fingerprint density at radius 1 is 0.533 bits per heavy atom. The van der Waals surface area contributed by atoms with E-state index in [0.29, 0.717) is 121 Å². The van der Waals surface area contributed by atoms with E-state index in [9.17, 15) is 27.1 Å². The zero-order valence-corrected chi connectivity index (χ0v) is 61.3. The van der Waals surface area contributed by atoms with Crippen LogP contribution in [0.1, 0.15) is 26.3 Å². The van der Waals surface area contributed by atoms with Crippen molar-refractivity contribution >= 4 is 107 Å². The normalized spacial score (nSPS) is 15.0. The van der Waals surface area contributed by atoms with Crippen molar-refractivity contribution in [2.75, 3.05) is 165 Å². The average molecular weight is 1530 g/mol. The number of phenolic OH excluding ortho intramolecular Hbond substituents is 1. The lowest BCUT2D eigenvalue weighted by atomic mass is 10.2. The second-order valence-corrected chi connectivity index (χ2v) is 26.6. The van der Waals surface area contributed by atoms with E-state index >= 15 is 0 Å². The lowest BCUT2D eigenvalue weighted by molar-refractivity contribution is 0.0531. The van der Waals surface area contributed by atoms with E-state index in [4.69, 9.17) is 86.6 Å². The predicted octanol–water partition coefficient (Wildman–Crippen LogP) is 12.1. The van der Waals surface area contributed by atoms with Crippen LogP contribution in [0.4, 0.5) is 37.6 Å². The number of carbonyl (C=O) groups excluding carboxylic acids is 1. The van der Waals surface area contributed by atoms with E-state index in [0.717, 1.165) is 110 Å². The summed E-state index contributed by atoms with van der Waals surface area (Å²) in [6.45, 7) is 19.0. The molecule has 0 radical (unpaired) electrons. The minimum Gasteiger partial charge on any atom is -0.508 e. The van der Waals surface area contributed by atoms with Gasteiger partial charge in [0.2, 0.25) is 0 Å². The molecular formula is C73H84ClF2N11O19S. The fraction of sp³-hybridized carbons (Fsp3) is 0.370. The van der Waals surface area contributed by atoms with Gasteiger partial charge in [0.25, 0.3) is 39.5 Å². The van der Waals surface area contributed by atoms with Crippen molar-refractivity contribution in [1.29, 1.82) is 0 Å². The Morgan fingerprint density at radius 2 is 0.879 bits per heavy atom. The highest BCUT2D eigenvalue weighted by atomic mass is 35.5. The maximum Gasteiger partial charge on any atom is 0.407 e. The number of nitrogens with two attached hydrogens (primary N) is 1. The van der Waals surface area contributed by atoms with Crippen LogP contribution in [-0.2, 0) is 33.8 Å². The highest BCUT2D eigenvalue weighted by Crippen LogP contribution is 2.31. The molecular weight excluding hydrogens is 1440 g/mol. The van der Waals surface area contributed by atoms with Crippen molar-refractivity contribution in [3.63, 3.8) is 0 Å². The number of ether oxygens (including phenoxy) is 9. The summed E-state index contributed by atoms with van der Waals surface area (Å²) in [7, 11) is -0.784. The lowest BCUT2D eigenvalue weighted by Crippen LogP contribution is -2.36. The minimum atomic E-state index is -4.02. The maximum absolute atomic E-state index is 13.1. The Hall–Kier alpha value is -10.5. The first kappa shape index (κ1) is 79.1. The number of carbonyl (C=O) groups is 1. The minimum absolute atomic E-state index is 0.0167. The summed E-state index contributed by atoms with van der Waals surface area (Å²) >= 11 is 5.56. The van der Waals surface area contributed by atoms with Crippen LogP contribution in [0.25, 0.3) is 55.5 Å². The average Bonchev–Trinajstić information content (AvgIpc) is 1.69. The number of nitrogens with zero attached hydrogens (tertiary/aromatic N) is 9. The van der Waals surface area contributed by atoms with Gasteiger partial charge in [0.15, 0.2) is 27.9 Å². The van der Waals surface area contributed by atoms with Gasteiger partial charge >= 0.3 is 6.09 Å². The lowest BCUT2D eigenvalue weighted by Gasteiger charge is -2.24. The van der Waals surface area contributed by atoms with E-state index < -0.39 is 21.8 Å². The molecule has 4 saturated heterocycles. The summed E-state index contributed by atoms with van der Waals surface area (Å²) < 4.78 is 131. The monoisotopic (exact) mass is 1520 g/mol. The molecule has 107 heavy (non-hydrogen) atoms. The van der Waals surface area contributed by atoms with E-state index in [1.54, 1.807) is 114 Å². The number of aromatic nitrogens is 5. The number of aromatic hydroxyl groups is 1. The molecule has 4 fully saturated rings. The fourth-order valence-electron chi connectivity index (χ4n) is 10.3. The van der Waals surface area contributed by atoms with Crippen LogP contribution in [0.15, 0.2) is 166 Å². The third kappa shape index (κ3) is 23.5. The molecule has 0 unspecified atom stereocenters. The molecule has 0 bridgehead atoms. The Bertz CT molecular complexity index is 4850. The molecule has 0 spiro atoms. The van der Waals surface area contributed by atoms with Crippen molar-refractivity contribution < 1.29 is 96.4 Å². The number of hydrogen-bond donors (Lipinski definition) is 4. The van der Waals surface area contributed by atoms with Gasteiger partial charge in [0.05, 0.1) is 84.6 Å². The molecule has 1 amide bonds. The highest BCUT2D eigenvalue weighted by molar-refractivity contribution is 7.85. The third-order valence-corrected chi connectivity index (χ3v) is 17.0. The standard InChI is InChI=1S/C20H26FN3O5.C15H18FN3O3.C12H14N2O3.C11H12N2O3.C8H6ClNO2.C7H8O3S/c1-20(2,3)29-19(25)22-12-14(11-21)13-27-15-4-5-16-17(10-15)28-18(23-16)24-6-8-26-9-7-24;16-8-11(9-17)10-21-12-1-2-13-14(7-12)22-15(18-13)19-3-5-20-6-4-19;1-15-9-2-3-10-11(8-9)17-12(13-10)14-4-6-16-7-5-14;14-8-1-2-9-10(7-8)16-11(12-9)13-3-5-15-6-4-13;1-11-5-2-3-6-7(4-5)12-8(9)10-6;1-6-2-4-7(5-3-6)11(8,9)10/h4-5,10-11H,6-9,12-13H2,1-3H3,(H,22,25);1-2,7-8H,3-6,9-10,17H2;2-3,8H,4-7H2,1H3;1-2,7,14H,3-6H2;2-4H,1H3;2-5H,1H3,(H,8,9,10)/b14-11-;11-8-;;;;. The summed E-state index contributed by atoms with van der Waals surface area (Å²) in [4.78, 5) is 41.5. The van der Waals surface area contributed by atoms with Crippen molar-refractivity contribution in [3.8, 4) is 28.7 Å². The molecule has 6 aromatic carbocycles. The molecule has 5 N–H and O–H groups in total. The van der Waals surface area contributed by atoms with E-state index in [1.807, 2.05) is 45.9 Å². The summed E-state index contributed by atoms with van der Waals surface area (Å²) in [5, 5.41) is 12.0. The number of halogens is 3. The molecule has 4 aliphatic heterocycles. The first-order chi connectivity index (χ1) is 51.6. The second-order valence-electron chi connectivity index (χ2n) is 24.9. The molecule has 11 aromatic rings. The molecule has 4 aliphatic rings. The van der Waals surface area contributed by atoms with Gasteiger partial charge in [0, 0.05) is 107 Å². The summed E-state index contributed by atoms with van der Waals surface area (Å²) in [5.74, 6) is 2.80. The Morgan fingerprint density at radius 3 is 1.24 bits per heavy atom. The first-order valence-corrected chi connectivity index (χ1v) is 35.7. The molecule has 0 saturated carbocycles. The van der Waals surface area contributed by atoms with Gasteiger partial charge in [-0.1, -0.05) is 17.7 Å². The number of phenols is 1. The van der Waals surface area contributed by atoms with Gasteiger partial charge in [-0.15, -0.1) is 0 Å². The number of nitrogens with one attached hydrogen (secondary N) is 1. The molecule has 0 aliphatic carbocycles. The van der Waals surface area contributed by atoms with Crippen LogP contribution in [0.3, 0.4) is 0 Å². The fourth-order valence-corrected chi connectivity index (χ4v) is 10.9. The number of benzene rings is 6. The van der Waals surface area contributed by atoms with Gasteiger partial charge in [0.1, 0.15) is 75.1 Å². The van der Waals surface area contributed by atoms with Crippen LogP contribution in [0.5, 0.6) is 28.7 Å². The Labute approximate surface area is 619 Å². The number of aryl methyl sites for hydroxylation is 1. The zero-order chi connectivity index (χ0) is 75.9. The predicted molar refractivity (Wildman–Crippen MR) is 396 cm³/mol. The largest absolute Gasteiger partial charge is 0.508 e. The van der Waals surface area contributed by atoms with E-state index in [1.165, 1.54) is 12.1 Å². The summed E-state index contributed by atoms with van der Waals surface area (Å²) in [6, 6.07) is 34.9. The van der Waals surface area contributed by atoms with Gasteiger partial charge in [-0.3, -0.25) is 4.55 Å². The number of alkyl carbamates (subject to hydrolysis) is 1. The number of morpholine rings is 4. The van der Waals surface area contributed by atoms with Crippen molar-refractivity contribution in [1.82, 2.24) is 30.2 Å². The molecule has 15 rings (SSSR count). The Balaban J connectivity index is 0.000000141. The van der Waals surface area contributed by atoms with Gasteiger partial charge in [-0.2, -0.15) is 33.3 Å². The topological polar surface area (TPSA) is 356 Å². The summed E-state index contributed by atoms with van der Waals surface area (Å²) in [6.07, 6.45) is 0.278. The van der Waals surface area contributed by atoms with E-state index in [2.05, 4.69) is 35.1 Å². The molecule has 30 nitrogen and oxygen atoms in total. The molecule has 572 valence electrons. The van der Waals surface area contributed by atoms with Gasteiger partial charge in [-0.25, -0.2) is 13.6 Å². The first-order valence-electron chi connectivity index (χ1n) is 33.9. The van der Waals surface area contributed by atoms with Crippen LogP contribution in [-0.4, -0.2) is 200 Å². The van der Waals surface area contributed by atoms with Crippen molar-refractivity contribution in [3.05, 3.63) is 150 Å². The second kappa shape index (κ2) is 38.1. The quantitative estimate of drug-likeness (QED) is 0.0653. The molecule has 5 aromatic heterocycles. The number of rotatable bonds is 16. The zero-order valence-electron chi connectivity index (χ0n) is 59.7. The smallest absolute Gasteiger partial charge is 0.407 e. The van der Waals surface area contributed by atoms with Gasteiger partial charge < -0.3 is 100 Å². The molecule has 9 heterocycles. The number of hydrogen-bond acceptors (Lipinski definition) is 28. The number of fused-ring (bicyclic) bond motifs is 5. The maximum atomic E-state index is 13.1. The van der Waals surface area contributed by atoms with Crippen LogP contribution < -0.4 is 49.6 Å². The van der Waals surface area contributed by atoms with Crippen LogP contribution in [0.2, 0.25) is 5.35 Å². The number of methoxy groups -OCH3 is 2. The van der Waals surface area contributed by atoms with Crippen molar-refractivity contribution in [2.24, 2.45) is 5.73 Å². The summed E-state index contributed by atoms with van der Waals surface area (Å²) in [5.41, 5.74) is 13.4. The number of oxazole rings is 5. The number of amides is 1. The van der Waals surface area contributed by atoms with Crippen LogP contribution in [0, 0.1) is 6.92 Å². The van der Waals surface area contributed by atoms with Gasteiger partial charge in [-0.05, 0) is 112 Å². The third-order valence-electron chi connectivity index (χ3n) is 15.9. The number of anilines is 4.